The molecule has 0 aliphatic carbocycles. The van der Waals surface area contributed by atoms with Gasteiger partial charge in [0.1, 0.15) is 0 Å². The Balaban J connectivity index is 2.33. The van der Waals surface area contributed by atoms with E-state index in [1.54, 1.807) is 6.07 Å². The highest BCUT2D eigenvalue weighted by Gasteiger charge is 2.30. The van der Waals surface area contributed by atoms with Gasteiger partial charge in [0, 0.05) is 5.56 Å². The fraction of sp³-hybridized carbons (Fsp3) is 0.286. The number of nitrogens with one attached hydrogen (secondary N) is 1. The fourth-order valence-electron chi connectivity index (χ4n) is 1.99. The monoisotopic (exact) mass is 303 g/mol. The zero-order valence-electron chi connectivity index (χ0n) is 10.7. The van der Waals surface area contributed by atoms with Crippen LogP contribution in [0.4, 0.5) is 13.2 Å². The molecule has 1 N–H and O–H groups in total. The molecule has 0 radical (unpaired) electrons. The summed E-state index contributed by atoms with van der Waals surface area (Å²) < 4.78 is 42.7. The van der Waals surface area contributed by atoms with E-state index >= 15 is 0 Å². The molecule has 20 heavy (non-hydrogen) atoms. The third-order valence-corrected chi connectivity index (χ3v) is 3.24. The van der Waals surface area contributed by atoms with Gasteiger partial charge in [0.05, 0.1) is 17.9 Å². The minimum Gasteiger partial charge on any atom is -0.453 e. The molecular weight excluding hydrogens is 291 g/mol. The molecule has 6 heteroatoms. The van der Waals surface area contributed by atoms with Gasteiger partial charge in [0.2, 0.25) is 0 Å². The first-order valence-electron chi connectivity index (χ1n) is 6.07. The number of furan rings is 1. The normalized spacial score (nSPS) is 13.4. The van der Waals surface area contributed by atoms with Crippen molar-refractivity contribution in [3.05, 3.63) is 58.5 Å². The van der Waals surface area contributed by atoms with E-state index in [1.165, 1.54) is 18.4 Å². The summed E-state index contributed by atoms with van der Waals surface area (Å²) in [4.78, 5) is 0. The Labute approximate surface area is 119 Å². The minimum atomic E-state index is -4.33. The van der Waals surface area contributed by atoms with Gasteiger partial charge >= 0.3 is 6.18 Å². The molecular formula is C14H13ClF3NO. The Morgan fingerprint density at radius 3 is 2.30 bits per heavy atom. The van der Waals surface area contributed by atoms with Crippen molar-refractivity contribution in [2.75, 3.05) is 6.54 Å². The van der Waals surface area contributed by atoms with Gasteiger partial charge in [-0.15, -0.1) is 0 Å². The molecule has 0 amide bonds. The first-order valence-corrected chi connectivity index (χ1v) is 6.44. The van der Waals surface area contributed by atoms with Gasteiger partial charge in [-0.25, -0.2) is 0 Å². The Morgan fingerprint density at radius 2 is 1.85 bits per heavy atom. The molecule has 1 atom stereocenters. The van der Waals surface area contributed by atoms with E-state index in [4.69, 9.17) is 16.0 Å². The molecule has 0 spiro atoms. The molecule has 1 heterocycles. The molecule has 0 saturated carbocycles. The molecule has 0 fully saturated rings. The van der Waals surface area contributed by atoms with Crippen LogP contribution in [0.3, 0.4) is 0 Å². The highest BCUT2D eigenvalue weighted by Crippen LogP contribution is 2.33. The zero-order chi connectivity index (χ0) is 14.8. The van der Waals surface area contributed by atoms with E-state index in [1.807, 2.05) is 6.92 Å². The molecule has 0 aliphatic heterocycles. The van der Waals surface area contributed by atoms with Crippen molar-refractivity contribution in [2.45, 2.75) is 19.1 Å². The Bertz CT molecular complexity index is 563. The number of benzene rings is 1. The largest absolute Gasteiger partial charge is 0.453 e. The van der Waals surface area contributed by atoms with Gasteiger partial charge in [0.25, 0.3) is 0 Å². The summed E-state index contributed by atoms with van der Waals surface area (Å²) in [6.07, 6.45) is -2.88. The summed E-state index contributed by atoms with van der Waals surface area (Å²) in [7, 11) is 0. The summed E-state index contributed by atoms with van der Waals surface area (Å²) in [5.74, 6) is 0. The Kier molecular flexibility index (Phi) is 4.40. The number of alkyl halides is 3. The second-order valence-corrected chi connectivity index (χ2v) is 4.60. The van der Waals surface area contributed by atoms with Gasteiger partial charge in [-0.2, -0.15) is 13.2 Å². The highest BCUT2D eigenvalue weighted by atomic mass is 35.5. The number of hydrogen-bond acceptors (Lipinski definition) is 2. The van der Waals surface area contributed by atoms with Crippen molar-refractivity contribution in [1.82, 2.24) is 5.32 Å². The lowest BCUT2D eigenvalue weighted by Gasteiger charge is -2.18. The second-order valence-electron chi connectivity index (χ2n) is 4.26. The fourth-order valence-corrected chi connectivity index (χ4v) is 2.21. The van der Waals surface area contributed by atoms with Gasteiger partial charge in [-0.05, 0) is 41.9 Å². The van der Waals surface area contributed by atoms with Gasteiger partial charge in [-0.1, -0.05) is 19.1 Å². The molecule has 1 aromatic carbocycles. The van der Waals surface area contributed by atoms with E-state index in [0.717, 1.165) is 12.1 Å². The topological polar surface area (TPSA) is 25.2 Å². The summed E-state index contributed by atoms with van der Waals surface area (Å²) >= 11 is 5.94. The van der Waals surface area contributed by atoms with Crippen LogP contribution in [0.25, 0.3) is 0 Å². The number of halogens is 4. The maximum atomic E-state index is 12.6. The predicted octanol–water partition coefficient (Wildman–Crippen LogP) is 4.65. The molecule has 2 rings (SSSR count). The molecule has 1 unspecified atom stereocenters. The minimum absolute atomic E-state index is 0.232. The van der Waals surface area contributed by atoms with E-state index in [0.29, 0.717) is 17.7 Å². The van der Waals surface area contributed by atoms with Gasteiger partial charge in [-0.3, -0.25) is 0 Å². The summed E-state index contributed by atoms with van der Waals surface area (Å²) in [6.45, 7) is 2.55. The van der Waals surface area contributed by atoms with E-state index in [2.05, 4.69) is 5.32 Å². The van der Waals surface area contributed by atoms with Gasteiger partial charge < -0.3 is 9.73 Å². The van der Waals surface area contributed by atoms with E-state index < -0.39 is 11.7 Å². The molecule has 108 valence electrons. The summed E-state index contributed by atoms with van der Waals surface area (Å²) in [5.41, 5.74) is 0.728. The first-order chi connectivity index (χ1) is 9.43. The molecule has 0 aliphatic rings. The van der Waals surface area contributed by atoms with E-state index in [-0.39, 0.29) is 11.3 Å². The smallest absolute Gasteiger partial charge is 0.416 e. The van der Waals surface area contributed by atoms with Crippen molar-refractivity contribution in [3.63, 3.8) is 0 Å². The third-order valence-electron chi connectivity index (χ3n) is 2.94. The maximum Gasteiger partial charge on any atom is 0.416 e. The average Bonchev–Trinajstić information content (AvgIpc) is 2.81. The second kappa shape index (κ2) is 5.89. The van der Waals surface area contributed by atoms with Crippen molar-refractivity contribution in [1.29, 1.82) is 0 Å². The van der Waals surface area contributed by atoms with Crippen molar-refractivity contribution in [3.8, 4) is 0 Å². The average molecular weight is 304 g/mol. The zero-order valence-corrected chi connectivity index (χ0v) is 11.4. The Morgan fingerprint density at radius 1 is 1.20 bits per heavy atom. The summed E-state index contributed by atoms with van der Waals surface area (Å²) in [6, 6.07) is 6.42. The van der Waals surface area contributed by atoms with Crippen LogP contribution >= 0.6 is 11.6 Å². The molecule has 0 saturated heterocycles. The molecule has 2 aromatic rings. The lowest BCUT2D eigenvalue weighted by molar-refractivity contribution is -0.137. The van der Waals surface area contributed by atoms with Crippen molar-refractivity contribution < 1.29 is 17.6 Å². The SMILES string of the molecule is CCNC(c1ccc(C(F)(F)F)cc1)c1ccoc1Cl. The number of rotatable bonds is 4. The third kappa shape index (κ3) is 3.16. The van der Waals surface area contributed by atoms with Crippen molar-refractivity contribution >= 4 is 11.6 Å². The van der Waals surface area contributed by atoms with Crippen LogP contribution in [0, 0.1) is 0 Å². The van der Waals surface area contributed by atoms with Crippen LogP contribution in [0.1, 0.15) is 29.7 Å². The van der Waals surface area contributed by atoms with Gasteiger partial charge in [0.15, 0.2) is 5.22 Å². The van der Waals surface area contributed by atoms with Crippen LogP contribution in [-0.2, 0) is 6.18 Å². The predicted molar refractivity (Wildman–Crippen MR) is 70.7 cm³/mol. The molecule has 1 aromatic heterocycles. The van der Waals surface area contributed by atoms with Crippen LogP contribution in [0.5, 0.6) is 0 Å². The van der Waals surface area contributed by atoms with Crippen LogP contribution in [0.2, 0.25) is 5.22 Å². The van der Waals surface area contributed by atoms with Crippen LogP contribution < -0.4 is 5.32 Å². The molecule has 2 nitrogen and oxygen atoms in total. The molecule has 0 bridgehead atoms. The maximum absolute atomic E-state index is 12.6. The van der Waals surface area contributed by atoms with Crippen LogP contribution in [0.15, 0.2) is 41.0 Å². The quantitative estimate of drug-likeness (QED) is 0.889. The van der Waals surface area contributed by atoms with E-state index in [9.17, 15) is 13.2 Å². The standard InChI is InChI=1S/C14H13ClF3NO/c1-2-19-12(11-7-8-20-13(11)15)9-3-5-10(6-4-9)14(16,17)18/h3-8,12,19H,2H2,1H3. The summed E-state index contributed by atoms with van der Waals surface area (Å²) in [5, 5.41) is 3.41. The Hall–Kier alpha value is -1.46. The first kappa shape index (κ1) is 14.9. The highest BCUT2D eigenvalue weighted by molar-refractivity contribution is 6.29. The van der Waals surface area contributed by atoms with Crippen LogP contribution in [-0.4, -0.2) is 6.54 Å². The van der Waals surface area contributed by atoms with Crippen molar-refractivity contribution in [2.24, 2.45) is 0 Å². The lowest BCUT2D eigenvalue weighted by atomic mass is 9.99. The lowest BCUT2D eigenvalue weighted by Crippen LogP contribution is -2.22. The number of hydrogen-bond donors (Lipinski definition) is 1.